The van der Waals surface area contributed by atoms with E-state index in [9.17, 15) is 19.2 Å². The number of amides is 2. The number of anilines is 1. The van der Waals surface area contributed by atoms with E-state index in [-0.39, 0.29) is 16.5 Å². The maximum atomic E-state index is 12.5. The van der Waals surface area contributed by atoms with Crippen LogP contribution in [0.5, 0.6) is 11.5 Å². The highest BCUT2D eigenvalue weighted by atomic mass is 32.1. The third-order valence-corrected chi connectivity index (χ3v) is 7.09. The molecule has 0 unspecified atom stereocenters. The molecule has 0 aliphatic heterocycles. The number of nitrogens with one attached hydrogen (secondary N) is 2. The second kappa shape index (κ2) is 11.7. The van der Waals surface area contributed by atoms with E-state index < -0.39 is 23.8 Å². The lowest BCUT2D eigenvalue weighted by atomic mass is 10.1. The van der Waals surface area contributed by atoms with E-state index >= 15 is 0 Å². The Hall–Kier alpha value is -4.51. The first-order chi connectivity index (χ1) is 18.3. The van der Waals surface area contributed by atoms with Crippen molar-refractivity contribution in [3.05, 3.63) is 75.2 Å². The van der Waals surface area contributed by atoms with Crippen LogP contribution in [0.25, 0.3) is 0 Å². The first kappa shape index (κ1) is 26.6. The number of ether oxygens (including phenoxy) is 3. The van der Waals surface area contributed by atoms with Crippen LogP contribution in [0, 0.1) is 6.92 Å². The molecular formula is C27H25N3O7S. The van der Waals surface area contributed by atoms with E-state index in [1.807, 2.05) is 19.1 Å². The molecule has 0 bridgehead atoms. The second-order valence-corrected chi connectivity index (χ2v) is 9.43. The number of hydrazone groups is 1. The lowest BCUT2D eigenvalue weighted by Gasteiger charge is -2.11. The zero-order valence-corrected chi connectivity index (χ0v) is 21.8. The molecule has 3 aromatic rings. The summed E-state index contributed by atoms with van der Waals surface area (Å²) < 4.78 is 15.7. The highest BCUT2D eigenvalue weighted by molar-refractivity contribution is 7.17. The monoisotopic (exact) mass is 535 g/mol. The standard InChI is InChI=1S/C27H25N3O7S/c1-15-7-4-5-8-17(15)26(33)37-19-12-11-16(13-20(19)35-2)14-28-30-24(32)23(31)29-25-22(27(34)36-3)18-9-6-10-21(18)38-25/h4-5,7-8,11-14H,6,9-10H2,1-3H3,(H,29,31)(H,30,32). The maximum absolute atomic E-state index is 12.5. The first-order valence-corrected chi connectivity index (χ1v) is 12.5. The predicted molar refractivity (Wildman–Crippen MR) is 141 cm³/mol. The van der Waals surface area contributed by atoms with Gasteiger partial charge in [0.05, 0.1) is 31.6 Å². The van der Waals surface area contributed by atoms with E-state index in [4.69, 9.17) is 14.2 Å². The number of hydrogen-bond acceptors (Lipinski definition) is 9. The number of methoxy groups -OCH3 is 2. The van der Waals surface area contributed by atoms with Crippen LogP contribution in [0.3, 0.4) is 0 Å². The zero-order chi connectivity index (χ0) is 27.2. The fourth-order valence-corrected chi connectivity index (χ4v) is 5.26. The molecule has 1 aliphatic carbocycles. The van der Waals surface area contributed by atoms with E-state index in [2.05, 4.69) is 15.8 Å². The third-order valence-electron chi connectivity index (χ3n) is 5.88. The van der Waals surface area contributed by atoms with Gasteiger partial charge in [0.1, 0.15) is 5.00 Å². The smallest absolute Gasteiger partial charge is 0.343 e. The van der Waals surface area contributed by atoms with Crippen LogP contribution in [0.1, 0.15) is 48.7 Å². The van der Waals surface area contributed by atoms with Gasteiger partial charge in [-0.2, -0.15) is 5.10 Å². The number of aryl methyl sites for hydroxylation is 2. The zero-order valence-electron chi connectivity index (χ0n) is 21.0. The van der Waals surface area contributed by atoms with E-state index in [1.54, 1.807) is 24.3 Å². The van der Waals surface area contributed by atoms with Crippen molar-refractivity contribution >= 4 is 46.3 Å². The van der Waals surface area contributed by atoms with Crippen LogP contribution in [0.4, 0.5) is 5.00 Å². The van der Waals surface area contributed by atoms with Gasteiger partial charge in [0.15, 0.2) is 11.5 Å². The Morgan fingerprint density at radius 1 is 0.974 bits per heavy atom. The van der Waals surface area contributed by atoms with E-state index in [0.717, 1.165) is 35.3 Å². The number of hydrogen-bond donors (Lipinski definition) is 2. The lowest BCUT2D eigenvalue weighted by molar-refractivity contribution is -0.136. The fraction of sp³-hybridized carbons (Fsp3) is 0.222. The average Bonchev–Trinajstić information content (AvgIpc) is 3.50. The highest BCUT2D eigenvalue weighted by Crippen LogP contribution is 2.39. The average molecular weight is 536 g/mol. The van der Waals surface area contributed by atoms with E-state index in [1.165, 1.54) is 37.8 Å². The highest BCUT2D eigenvalue weighted by Gasteiger charge is 2.29. The van der Waals surface area contributed by atoms with Gasteiger partial charge in [-0.1, -0.05) is 18.2 Å². The van der Waals surface area contributed by atoms with Crippen LogP contribution in [0.15, 0.2) is 47.6 Å². The molecule has 0 saturated carbocycles. The van der Waals surface area contributed by atoms with Crippen molar-refractivity contribution in [2.45, 2.75) is 26.2 Å². The summed E-state index contributed by atoms with van der Waals surface area (Å²) in [5.41, 5.74) is 5.05. The molecule has 11 heteroatoms. The maximum Gasteiger partial charge on any atom is 0.343 e. The fourth-order valence-electron chi connectivity index (χ4n) is 3.99. The van der Waals surface area contributed by atoms with Crippen molar-refractivity contribution in [1.29, 1.82) is 0 Å². The topological polar surface area (TPSA) is 132 Å². The number of fused-ring (bicyclic) bond motifs is 1. The van der Waals surface area contributed by atoms with Crippen molar-refractivity contribution in [3.8, 4) is 11.5 Å². The SMILES string of the molecule is COC(=O)c1c(NC(=O)C(=O)NN=Cc2ccc(OC(=O)c3ccccc3C)c(OC)c2)sc2c1CCC2. The quantitative estimate of drug-likeness (QED) is 0.155. The van der Waals surface area contributed by atoms with Crippen molar-refractivity contribution < 1.29 is 33.4 Å². The van der Waals surface area contributed by atoms with Crippen LogP contribution in [-0.2, 0) is 27.2 Å². The van der Waals surface area contributed by atoms with Crippen LogP contribution >= 0.6 is 11.3 Å². The van der Waals surface area contributed by atoms with Crippen LogP contribution < -0.4 is 20.2 Å². The molecule has 0 fully saturated rings. The van der Waals surface area contributed by atoms with Crippen LogP contribution in [0.2, 0.25) is 0 Å². The summed E-state index contributed by atoms with van der Waals surface area (Å²) in [7, 11) is 2.70. The lowest BCUT2D eigenvalue weighted by Crippen LogP contribution is -2.32. The summed E-state index contributed by atoms with van der Waals surface area (Å²) in [6.45, 7) is 1.81. The number of benzene rings is 2. The molecule has 0 spiro atoms. The molecular weight excluding hydrogens is 510 g/mol. The van der Waals surface area contributed by atoms with Crippen molar-refractivity contribution in [1.82, 2.24) is 5.43 Å². The van der Waals surface area contributed by atoms with Gasteiger partial charge in [0, 0.05) is 4.88 Å². The largest absolute Gasteiger partial charge is 0.493 e. The third kappa shape index (κ3) is 5.73. The summed E-state index contributed by atoms with van der Waals surface area (Å²) >= 11 is 1.27. The first-order valence-electron chi connectivity index (χ1n) is 11.7. The summed E-state index contributed by atoms with van der Waals surface area (Å²) in [6.07, 6.45) is 3.76. The number of carbonyl (C=O) groups is 4. The summed E-state index contributed by atoms with van der Waals surface area (Å²) in [5.74, 6) is -2.57. The van der Waals surface area contributed by atoms with Crippen molar-refractivity contribution in [3.63, 3.8) is 0 Å². The van der Waals surface area contributed by atoms with E-state index in [0.29, 0.717) is 16.7 Å². The molecule has 1 aliphatic rings. The molecule has 10 nitrogen and oxygen atoms in total. The number of esters is 2. The van der Waals surface area contributed by atoms with Gasteiger partial charge in [-0.3, -0.25) is 9.59 Å². The summed E-state index contributed by atoms with van der Waals surface area (Å²) in [4.78, 5) is 50.5. The minimum absolute atomic E-state index is 0.213. The van der Waals surface area contributed by atoms with Gasteiger partial charge >= 0.3 is 23.8 Å². The predicted octanol–water partition coefficient (Wildman–Crippen LogP) is 3.65. The Morgan fingerprint density at radius 3 is 2.50 bits per heavy atom. The summed E-state index contributed by atoms with van der Waals surface area (Å²) in [5, 5.41) is 6.59. The Kier molecular flexibility index (Phi) is 8.17. The molecule has 0 saturated heterocycles. The number of carbonyl (C=O) groups excluding carboxylic acids is 4. The molecule has 38 heavy (non-hydrogen) atoms. The minimum atomic E-state index is -1.01. The molecule has 0 atom stereocenters. The molecule has 2 aromatic carbocycles. The van der Waals surface area contributed by atoms with Gasteiger partial charge in [-0.05, 0) is 67.1 Å². The Morgan fingerprint density at radius 2 is 1.76 bits per heavy atom. The molecule has 0 radical (unpaired) electrons. The molecule has 2 N–H and O–H groups in total. The van der Waals surface area contributed by atoms with Gasteiger partial charge in [-0.15, -0.1) is 11.3 Å². The van der Waals surface area contributed by atoms with Crippen molar-refractivity contribution in [2.24, 2.45) is 5.10 Å². The van der Waals surface area contributed by atoms with Gasteiger partial charge in [0.25, 0.3) is 0 Å². The van der Waals surface area contributed by atoms with Gasteiger partial charge in [-0.25, -0.2) is 15.0 Å². The molecule has 1 heterocycles. The Labute approximate surface area is 222 Å². The normalized spacial score (nSPS) is 12.1. The van der Waals surface area contributed by atoms with Gasteiger partial charge < -0.3 is 19.5 Å². The van der Waals surface area contributed by atoms with Crippen molar-refractivity contribution in [2.75, 3.05) is 19.5 Å². The Balaban J connectivity index is 1.39. The number of rotatable bonds is 7. The molecule has 2 amide bonds. The number of thiophene rings is 1. The Bertz CT molecular complexity index is 1440. The number of nitrogens with zero attached hydrogens (tertiary/aromatic N) is 1. The molecule has 4 rings (SSSR count). The molecule has 196 valence electrons. The molecule has 1 aromatic heterocycles. The summed E-state index contributed by atoms with van der Waals surface area (Å²) in [6, 6.07) is 11.8. The van der Waals surface area contributed by atoms with Gasteiger partial charge in [0.2, 0.25) is 0 Å². The van der Waals surface area contributed by atoms with Crippen LogP contribution in [-0.4, -0.2) is 44.2 Å². The second-order valence-electron chi connectivity index (χ2n) is 8.32. The minimum Gasteiger partial charge on any atom is -0.493 e.